The highest BCUT2D eigenvalue weighted by Gasteiger charge is 2.38. The molecule has 0 spiro atoms. The number of carbonyl (C=O) groups is 1. The van der Waals surface area contributed by atoms with Crippen molar-refractivity contribution in [2.75, 3.05) is 13.1 Å². The van der Waals surface area contributed by atoms with E-state index in [0.717, 1.165) is 38.6 Å². The van der Waals surface area contributed by atoms with Crippen LogP contribution in [0.3, 0.4) is 0 Å². The van der Waals surface area contributed by atoms with Gasteiger partial charge in [-0.25, -0.2) is 0 Å². The first-order valence-electron chi connectivity index (χ1n) is 9.73. The maximum absolute atomic E-state index is 11.1. The minimum Gasteiger partial charge on any atom is -0.317 e. The van der Waals surface area contributed by atoms with E-state index in [2.05, 4.69) is 73.8 Å². The smallest absolute Gasteiger partial charge is 0.120 e. The van der Waals surface area contributed by atoms with Crippen molar-refractivity contribution in [3.8, 4) is 0 Å². The quantitative estimate of drug-likeness (QED) is 0.456. The molecule has 0 heterocycles. The molecule has 0 aliphatic heterocycles. The van der Waals surface area contributed by atoms with Gasteiger partial charge in [0.25, 0.3) is 0 Å². The van der Waals surface area contributed by atoms with Gasteiger partial charge in [-0.1, -0.05) is 68.5 Å². The van der Waals surface area contributed by atoms with E-state index in [1.165, 1.54) is 12.0 Å². The number of hydrogen-bond acceptors (Lipinski definition) is 2. The Bertz CT molecular complexity index is 561. The molecule has 1 aromatic carbocycles. The van der Waals surface area contributed by atoms with Gasteiger partial charge < -0.3 is 10.1 Å². The molecule has 2 heteroatoms. The van der Waals surface area contributed by atoms with Gasteiger partial charge >= 0.3 is 0 Å². The monoisotopic (exact) mass is 339 g/mol. The molecule has 2 rings (SSSR count). The maximum atomic E-state index is 11.1. The lowest BCUT2D eigenvalue weighted by molar-refractivity contribution is -0.109. The zero-order chi connectivity index (χ0) is 18.0. The van der Waals surface area contributed by atoms with Crippen LogP contribution in [-0.2, 0) is 11.2 Å². The van der Waals surface area contributed by atoms with E-state index in [1.54, 1.807) is 0 Å². The van der Waals surface area contributed by atoms with Crippen LogP contribution in [0.2, 0.25) is 0 Å². The Morgan fingerprint density at radius 2 is 1.88 bits per heavy atom. The van der Waals surface area contributed by atoms with Crippen molar-refractivity contribution in [1.82, 2.24) is 5.32 Å². The van der Waals surface area contributed by atoms with Gasteiger partial charge in [-0.3, -0.25) is 0 Å². The number of carbonyl (C=O) groups excluding carboxylic acids is 1. The molecule has 0 fully saturated rings. The lowest BCUT2D eigenvalue weighted by Gasteiger charge is -2.42. The molecule has 0 radical (unpaired) electrons. The fraction of sp³-hybridized carbons (Fsp3) is 0.522. The van der Waals surface area contributed by atoms with Gasteiger partial charge in [0.15, 0.2) is 0 Å². The Labute approximate surface area is 153 Å². The van der Waals surface area contributed by atoms with E-state index >= 15 is 0 Å². The third kappa shape index (κ3) is 5.67. The summed E-state index contributed by atoms with van der Waals surface area (Å²) in [5, 5.41) is 3.59. The molecule has 136 valence electrons. The second-order valence-corrected chi connectivity index (χ2v) is 7.46. The number of aldehydes is 1. The first-order valence-corrected chi connectivity index (χ1v) is 9.73. The Morgan fingerprint density at radius 1 is 1.12 bits per heavy atom. The molecule has 0 amide bonds. The summed E-state index contributed by atoms with van der Waals surface area (Å²) in [6, 6.07) is 10.7. The minimum atomic E-state index is 0.126. The molecule has 1 aromatic rings. The Hall–Kier alpha value is -1.67. The summed E-state index contributed by atoms with van der Waals surface area (Å²) in [5.41, 5.74) is 1.54. The molecule has 2 nitrogen and oxygen atoms in total. The van der Waals surface area contributed by atoms with Crippen molar-refractivity contribution in [2.45, 2.75) is 46.0 Å². The van der Waals surface area contributed by atoms with E-state index in [0.29, 0.717) is 18.3 Å². The lowest BCUT2D eigenvalue weighted by atomic mass is 9.62. The normalized spacial score (nSPS) is 22.4. The summed E-state index contributed by atoms with van der Waals surface area (Å²) >= 11 is 0. The van der Waals surface area contributed by atoms with Crippen molar-refractivity contribution in [2.24, 2.45) is 17.3 Å². The highest BCUT2D eigenvalue weighted by atomic mass is 16.1. The summed E-state index contributed by atoms with van der Waals surface area (Å²) in [4.78, 5) is 11.1. The van der Waals surface area contributed by atoms with Crippen LogP contribution in [0.5, 0.6) is 0 Å². The van der Waals surface area contributed by atoms with E-state index < -0.39 is 0 Å². The molecule has 25 heavy (non-hydrogen) atoms. The van der Waals surface area contributed by atoms with Crippen LogP contribution in [0, 0.1) is 17.3 Å². The molecular weight excluding hydrogens is 306 g/mol. The topological polar surface area (TPSA) is 29.1 Å². The van der Waals surface area contributed by atoms with Crippen molar-refractivity contribution in [1.29, 1.82) is 0 Å². The van der Waals surface area contributed by atoms with Gasteiger partial charge in [-0.05, 0) is 61.6 Å². The zero-order valence-corrected chi connectivity index (χ0v) is 15.8. The molecule has 2 atom stereocenters. The van der Waals surface area contributed by atoms with Crippen molar-refractivity contribution in [3.05, 3.63) is 60.2 Å². The van der Waals surface area contributed by atoms with Crippen LogP contribution in [0.1, 0.15) is 45.1 Å². The molecule has 1 N–H and O–H groups in total. The molecule has 0 bridgehead atoms. The fourth-order valence-electron chi connectivity index (χ4n) is 4.02. The van der Waals surface area contributed by atoms with Crippen LogP contribution >= 0.6 is 0 Å². The maximum Gasteiger partial charge on any atom is 0.120 e. The molecule has 0 aromatic heterocycles. The number of allylic oxidation sites excluding steroid dienone is 4. The summed E-state index contributed by atoms with van der Waals surface area (Å²) in [7, 11) is 0. The van der Waals surface area contributed by atoms with Gasteiger partial charge in [-0.2, -0.15) is 0 Å². The average molecular weight is 340 g/mol. The third-order valence-corrected chi connectivity index (χ3v) is 5.60. The minimum absolute atomic E-state index is 0.126. The molecule has 0 saturated heterocycles. The van der Waals surface area contributed by atoms with E-state index in [9.17, 15) is 4.79 Å². The van der Waals surface area contributed by atoms with Crippen LogP contribution in [0.4, 0.5) is 0 Å². The van der Waals surface area contributed by atoms with Crippen LogP contribution < -0.4 is 5.32 Å². The number of rotatable bonds is 11. The van der Waals surface area contributed by atoms with Gasteiger partial charge in [0, 0.05) is 6.42 Å². The van der Waals surface area contributed by atoms with Gasteiger partial charge in [0.2, 0.25) is 0 Å². The average Bonchev–Trinajstić information content (AvgIpc) is 2.63. The Balaban J connectivity index is 1.72. The second kappa shape index (κ2) is 10.4. The standard InChI is InChI=1S/C23H33NO/c1-20(2)23(15-7-6-13-22(23)14-19-25)16-9-18-24-17-8-12-21-10-4-3-5-11-21/h3-7,10-11,13,15,19-20,22,24H,8-9,12,14,16-18H2,1-2H3. The van der Waals surface area contributed by atoms with Crippen molar-refractivity contribution < 1.29 is 4.79 Å². The fourth-order valence-corrected chi connectivity index (χ4v) is 4.02. The highest BCUT2D eigenvalue weighted by Crippen LogP contribution is 2.45. The van der Waals surface area contributed by atoms with E-state index in [-0.39, 0.29) is 5.41 Å². The second-order valence-electron chi connectivity index (χ2n) is 7.46. The van der Waals surface area contributed by atoms with Crippen molar-refractivity contribution in [3.63, 3.8) is 0 Å². The number of benzene rings is 1. The summed E-state index contributed by atoms with van der Waals surface area (Å²) in [6.45, 7) is 6.69. The van der Waals surface area contributed by atoms with Gasteiger partial charge in [-0.15, -0.1) is 0 Å². The first-order chi connectivity index (χ1) is 12.2. The molecule has 1 aliphatic rings. The van der Waals surface area contributed by atoms with Crippen LogP contribution in [-0.4, -0.2) is 19.4 Å². The van der Waals surface area contributed by atoms with Crippen molar-refractivity contribution >= 4 is 6.29 Å². The summed E-state index contributed by atoms with van der Waals surface area (Å²) in [6.07, 6.45) is 15.1. The summed E-state index contributed by atoms with van der Waals surface area (Å²) in [5.74, 6) is 0.879. The van der Waals surface area contributed by atoms with Gasteiger partial charge in [0.1, 0.15) is 6.29 Å². The third-order valence-electron chi connectivity index (χ3n) is 5.60. The Morgan fingerprint density at radius 3 is 2.60 bits per heavy atom. The summed E-state index contributed by atoms with van der Waals surface area (Å²) < 4.78 is 0. The molecular formula is C23H33NO. The number of nitrogens with one attached hydrogen (secondary N) is 1. The van der Waals surface area contributed by atoms with Crippen LogP contribution in [0.25, 0.3) is 0 Å². The Kier molecular flexibility index (Phi) is 8.14. The number of aryl methyl sites for hydroxylation is 1. The first kappa shape index (κ1) is 19.7. The van der Waals surface area contributed by atoms with E-state index in [4.69, 9.17) is 0 Å². The SMILES string of the molecule is CC(C)C1(CCCNCCCc2ccccc2)C=CC=CC1CC=O. The van der Waals surface area contributed by atoms with Crippen LogP contribution in [0.15, 0.2) is 54.6 Å². The molecule has 1 aliphatic carbocycles. The lowest BCUT2D eigenvalue weighted by Crippen LogP contribution is -2.35. The number of hydrogen-bond donors (Lipinski definition) is 1. The molecule has 0 saturated carbocycles. The predicted molar refractivity (Wildman–Crippen MR) is 107 cm³/mol. The highest BCUT2D eigenvalue weighted by molar-refractivity contribution is 5.51. The predicted octanol–water partition coefficient (Wildman–Crippen LogP) is 4.96. The van der Waals surface area contributed by atoms with E-state index in [1.807, 2.05) is 0 Å². The van der Waals surface area contributed by atoms with Gasteiger partial charge in [0.05, 0.1) is 0 Å². The zero-order valence-electron chi connectivity index (χ0n) is 15.8. The molecule has 2 unspecified atom stereocenters. The largest absolute Gasteiger partial charge is 0.317 e.